The molecule has 2 aromatic rings. The molecule has 2 aromatic heterocycles. The molecule has 0 fully saturated rings. The van der Waals surface area contributed by atoms with Crippen molar-refractivity contribution in [3.63, 3.8) is 0 Å². The second kappa shape index (κ2) is 5.29. The van der Waals surface area contributed by atoms with Crippen LogP contribution in [0.15, 0.2) is 34.9 Å². The van der Waals surface area contributed by atoms with Gasteiger partial charge in [0, 0.05) is 12.3 Å². The second-order valence-electron chi connectivity index (χ2n) is 4.00. The number of rotatable bonds is 4. The Labute approximate surface area is 112 Å². The van der Waals surface area contributed by atoms with E-state index in [0.717, 1.165) is 5.30 Å². The first-order valence-corrected chi connectivity index (χ1v) is 8.35. The highest BCUT2D eigenvalue weighted by Crippen LogP contribution is 2.46. The fourth-order valence-corrected chi connectivity index (χ4v) is 4.08. The molecule has 18 heavy (non-hydrogen) atoms. The van der Waals surface area contributed by atoms with Gasteiger partial charge in [-0.1, -0.05) is 31.5 Å². The fraction of sp³-hybridized carbons (Fsp3) is 0.308. The van der Waals surface area contributed by atoms with Gasteiger partial charge in [0.1, 0.15) is 18.0 Å². The van der Waals surface area contributed by atoms with Crippen LogP contribution in [-0.4, -0.2) is 17.3 Å². The van der Waals surface area contributed by atoms with Crippen molar-refractivity contribution in [1.82, 2.24) is 4.98 Å². The summed E-state index contributed by atoms with van der Waals surface area (Å²) in [5.74, 6) is 0.574. The Morgan fingerprint density at radius 3 is 2.61 bits per heavy atom. The smallest absolute Gasteiger partial charge is 0.162 e. The van der Waals surface area contributed by atoms with Crippen LogP contribution in [0.4, 0.5) is 0 Å². The Bertz CT molecular complexity index is 586. The molecule has 0 aliphatic carbocycles. The van der Waals surface area contributed by atoms with Crippen LogP contribution in [0, 0.1) is 0 Å². The lowest BCUT2D eigenvalue weighted by Gasteiger charge is -2.13. The van der Waals surface area contributed by atoms with E-state index < -0.39 is 7.14 Å². The van der Waals surface area contributed by atoms with Gasteiger partial charge in [0.05, 0.1) is 11.6 Å². The van der Waals surface area contributed by atoms with Crippen molar-refractivity contribution in [3.05, 3.63) is 35.7 Å². The maximum atomic E-state index is 12.8. The molecule has 0 saturated heterocycles. The minimum absolute atomic E-state index is 0.401. The standard InChI is InChI=1S/C13H15ClNO2P/c1-3-18(16,4-2)11-8-9-17-13(11)10-6-5-7-12(14)15-10/h5-9H,3-4H2,1-2H3. The summed E-state index contributed by atoms with van der Waals surface area (Å²) in [6.45, 7) is 3.87. The van der Waals surface area contributed by atoms with Gasteiger partial charge in [-0.15, -0.1) is 0 Å². The van der Waals surface area contributed by atoms with E-state index in [1.807, 2.05) is 19.9 Å². The summed E-state index contributed by atoms with van der Waals surface area (Å²) in [5, 5.41) is 1.17. The monoisotopic (exact) mass is 283 g/mol. The largest absolute Gasteiger partial charge is 0.462 e. The number of pyridine rings is 1. The van der Waals surface area contributed by atoms with Crippen LogP contribution in [-0.2, 0) is 4.57 Å². The zero-order valence-electron chi connectivity index (χ0n) is 10.4. The van der Waals surface area contributed by atoms with Crippen molar-refractivity contribution >= 4 is 24.0 Å². The van der Waals surface area contributed by atoms with E-state index in [1.165, 1.54) is 0 Å². The van der Waals surface area contributed by atoms with Crippen LogP contribution in [0.3, 0.4) is 0 Å². The lowest BCUT2D eigenvalue weighted by molar-refractivity contribution is 0.576. The SMILES string of the molecule is CCP(=O)(CC)c1ccoc1-c1cccc(Cl)n1. The Kier molecular flexibility index (Phi) is 3.94. The van der Waals surface area contributed by atoms with Gasteiger partial charge in [-0.3, -0.25) is 0 Å². The molecule has 96 valence electrons. The van der Waals surface area contributed by atoms with E-state index in [9.17, 15) is 4.57 Å². The third kappa shape index (κ3) is 2.38. The van der Waals surface area contributed by atoms with E-state index >= 15 is 0 Å². The van der Waals surface area contributed by atoms with Gasteiger partial charge in [-0.05, 0) is 18.2 Å². The zero-order chi connectivity index (χ0) is 13.2. The molecular formula is C13H15ClNO2P. The number of hydrogen-bond acceptors (Lipinski definition) is 3. The van der Waals surface area contributed by atoms with E-state index in [0.29, 0.717) is 28.9 Å². The van der Waals surface area contributed by atoms with Gasteiger partial charge < -0.3 is 8.98 Å². The average molecular weight is 284 g/mol. The zero-order valence-corrected chi connectivity index (χ0v) is 12.0. The summed E-state index contributed by atoms with van der Waals surface area (Å²) < 4.78 is 18.2. The number of hydrogen-bond donors (Lipinski definition) is 0. The third-order valence-corrected chi connectivity index (χ3v) is 6.54. The predicted molar refractivity (Wildman–Crippen MR) is 75.3 cm³/mol. The average Bonchev–Trinajstić information content (AvgIpc) is 2.87. The molecule has 0 aliphatic heterocycles. The maximum Gasteiger partial charge on any atom is 0.162 e. The van der Waals surface area contributed by atoms with Gasteiger partial charge >= 0.3 is 0 Å². The topological polar surface area (TPSA) is 43.1 Å². The first kappa shape index (κ1) is 13.4. The van der Waals surface area contributed by atoms with Crippen LogP contribution in [0.1, 0.15) is 13.8 Å². The van der Waals surface area contributed by atoms with Crippen LogP contribution in [0.25, 0.3) is 11.5 Å². The molecule has 2 rings (SSSR count). The second-order valence-corrected chi connectivity index (χ2v) is 7.91. The van der Waals surface area contributed by atoms with Gasteiger partial charge in [-0.25, -0.2) is 4.98 Å². The highest BCUT2D eigenvalue weighted by molar-refractivity contribution is 7.71. The molecule has 0 amide bonds. The quantitative estimate of drug-likeness (QED) is 0.628. The van der Waals surface area contributed by atoms with Crippen molar-refractivity contribution in [3.8, 4) is 11.5 Å². The number of furan rings is 1. The Morgan fingerprint density at radius 2 is 2.00 bits per heavy atom. The van der Waals surface area contributed by atoms with Crippen LogP contribution < -0.4 is 5.30 Å². The molecule has 5 heteroatoms. The lowest BCUT2D eigenvalue weighted by atomic mass is 10.3. The summed E-state index contributed by atoms with van der Waals surface area (Å²) in [5.41, 5.74) is 0.629. The summed E-state index contributed by atoms with van der Waals surface area (Å²) in [7, 11) is -2.38. The van der Waals surface area contributed by atoms with Gasteiger partial charge in [-0.2, -0.15) is 0 Å². The molecular weight excluding hydrogens is 269 g/mol. The summed E-state index contributed by atoms with van der Waals surface area (Å²) in [4.78, 5) is 4.21. The predicted octanol–water partition coefficient (Wildman–Crippen LogP) is 4.02. The van der Waals surface area contributed by atoms with Crippen molar-refractivity contribution in [1.29, 1.82) is 0 Å². The molecule has 0 spiro atoms. The molecule has 0 saturated carbocycles. The summed E-state index contributed by atoms with van der Waals surface area (Å²) in [6.07, 6.45) is 2.80. The minimum atomic E-state index is -2.38. The first-order chi connectivity index (χ1) is 8.60. The number of nitrogens with zero attached hydrogens (tertiary/aromatic N) is 1. The van der Waals surface area contributed by atoms with Crippen molar-refractivity contribution in [2.45, 2.75) is 13.8 Å². The third-order valence-electron chi connectivity index (χ3n) is 3.05. The van der Waals surface area contributed by atoms with Crippen LogP contribution in [0.2, 0.25) is 5.15 Å². The molecule has 3 nitrogen and oxygen atoms in total. The maximum absolute atomic E-state index is 12.8. The highest BCUT2D eigenvalue weighted by atomic mass is 35.5. The van der Waals surface area contributed by atoms with Crippen molar-refractivity contribution in [2.24, 2.45) is 0 Å². The van der Waals surface area contributed by atoms with Gasteiger partial charge in [0.2, 0.25) is 0 Å². The lowest BCUT2D eigenvalue weighted by Crippen LogP contribution is -2.09. The molecule has 0 radical (unpaired) electrons. The Hall–Kier alpha value is -1.05. The fourth-order valence-electron chi connectivity index (χ4n) is 1.91. The van der Waals surface area contributed by atoms with Gasteiger partial charge in [0.15, 0.2) is 5.76 Å². The van der Waals surface area contributed by atoms with Gasteiger partial charge in [0.25, 0.3) is 0 Å². The molecule has 0 unspecified atom stereocenters. The molecule has 0 bridgehead atoms. The Morgan fingerprint density at radius 1 is 1.28 bits per heavy atom. The highest BCUT2D eigenvalue weighted by Gasteiger charge is 2.26. The van der Waals surface area contributed by atoms with Crippen LogP contribution >= 0.6 is 18.7 Å². The first-order valence-electron chi connectivity index (χ1n) is 5.89. The number of halogens is 1. The molecule has 0 N–H and O–H groups in total. The molecule has 0 atom stereocenters. The normalized spacial score (nSPS) is 11.7. The molecule has 2 heterocycles. The van der Waals surface area contributed by atoms with E-state index in [-0.39, 0.29) is 0 Å². The molecule has 0 aromatic carbocycles. The Balaban J connectivity index is 2.55. The molecule has 0 aliphatic rings. The number of aromatic nitrogens is 1. The van der Waals surface area contributed by atoms with Crippen molar-refractivity contribution < 1.29 is 8.98 Å². The summed E-state index contributed by atoms with van der Waals surface area (Å²) >= 11 is 5.87. The minimum Gasteiger partial charge on any atom is -0.462 e. The van der Waals surface area contributed by atoms with E-state index in [4.69, 9.17) is 16.0 Å². The summed E-state index contributed by atoms with van der Waals surface area (Å²) in [6, 6.07) is 7.10. The van der Waals surface area contributed by atoms with Crippen molar-refractivity contribution in [2.75, 3.05) is 12.3 Å². The van der Waals surface area contributed by atoms with E-state index in [1.54, 1.807) is 24.5 Å². The van der Waals surface area contributed by atoms with Crippen LogP contribution in [0.5, 0.6) is 0 Å². The van der Waals surface area contributed by atoms with E-state index in [2.05, 4.69) is 4.98 Å².